The Bertz CT molecular complexity index is 512. The topological polar surface area (TPSA) is 39.4 Å². The highest BCUT2D eigenvalue weighted by molar-refractivity contribution is 5.97. The third-order valence-corrected chi connectivity index (χ3v) is 2.49. The van der Waals surface area contributed by atoms with Crippen LogP contribution in [-0.2, 0) is 4.74 Å². The molecule has 0 aliphatic carbocycles. The molecule has 0 fully saturated rings. The Hall–Kier alpha value is -2.03. The molecule has 2 aromatic rings. The van der Waals surface area contributed by atoms with Crippen LogP contribution in [0.15, 0.2) is 41.0 Å². The standard InChI is InChI=1S/C14H14O3/c1-3-16-14(15)12-10(2)9-17-13(12)11-7-5-4-6-8-11/h4-9H,3H2,1-2H3. The summed E-state index contributed by atoms with van der Waals surface area (Å²) in [6, 6.07) is 9.54. The largest absolute Gasteiger partial charge is 0.463 e. The summed E-state index contributed by atoms with van der Waals surface area (Å²) in [7, 11) is 0. The van der Waals surface area contributed by atoms with Crippen molar-refractivity contribution >= 4 is 5.97 Å². The summed E-state index contributed by atoms with van der Waals surface area (Å²) in [6.07, 6.45) is 1.58. The lowest BCUT2D eigenvalue weighted by Crippen LogP contribution is -2.06. The lowest BCUT2D eigenvalue weighted by Gasteiger charge is -2.03. The van der Waals surface area contributed by atoms with Crippen molar-refractivity contribution < 1.29 is 13.9 Å². The Labute approximate surface area is 100 Å². The van der Waals surface area contributed by atoms with Crippen molar-refractivity contribution in [3.05, 3.63) is 47.7 Å². The van der Waals surface area contributed by atoms with Gasteiger partial charge in [-0.3, -0.25) is 0 Å². The van der Waals surface area contributed by atoms with E-state index in [1.165, 1.54) is 0 Å². The van der Waals surface area contributed by atoms with Crippen molar-refractivity contribution in [1.82, 2.24) is 0 Å². The Kier molecular flexibility index (Phi) is 3.28. The normalized spacial score (nSPS) is 10.2. The highest BCUT2D eigenvalue weighted by Crippen LogP contribution is 2.28. The number of aryl methyl sites for hydroxylation is 1. The molecule has 1 aromatic carbocycles. The van der Waals surface area contributed by atoms with Gasteiger partial charge in [-0.1, -0.05) is 30.3 Å². The third kappa shape index (κ3) is 2.23. The number of hydrogen-bond acceptors (Lipinski definition) is 3. The molecule has 0 bridgehead atoms. The number of hydrogen-bond donors (Lipinski definition) is 0. The van der Waals surface area contributed by atoms with Gasteiger partial charge in [0.05, 0.1) is 12.9 Å². The minimum atomic E-state index is -0.336. The first-order chi connectivity index (χ1) is 8.24. The fourth-order valence-electron chi connectivity index (χ4n) is 1.70. The molecule has 1 aromatic heterocycles. The summed E-state index contributed by atoms with van der Waals surface area (Å²) in [5, 5.41) is 0. The Morgan fingerprint density at radius 1 is 1.29 bits per heavy atom. The summed E-state index contributed by atoms with van der Waals surface area (Å²) in [5.41, 5.74) is 2.18. The van der Waals surface area contributed by atoms with E-state index in [1.54, 1.807) is 13.2 Å². The first-order valence-corrected chi connectivity index (χ1v) is 5.54. The van der Waals surface area contributed by atoms with Gasteiger partial charge in [-0.25, -0.2) is 4.79 Å². The molecule has 0 aliphatic rings. The molecule has 0 saturated carbocycles. The molecule has 3 nitrogen and oxygen atoms in total. The van der Waals surface area contributed by atoms with Gasteiger partial charge in [0.2, 0.25) is 0 Å². The summed E-state index contributed by atoms with van der Waals surface area (Å²) in [4.78, 5) is 11.8. The number of benzene rings is 1. The average molecular weight is 230 g/mol. The molecule has 3 heteroatoms. The summed E-state index contributed by atoms with van der Waals surface area (Å²) in [6.45, 7) is 3.98. The van der Waals surface area contributed by atoms with E-state index >= 15 is 0 Å². The van der Waals surface area contributed by atoms with Gasteiger partial charge in [-0.05, 0) is 13.8 Å². The van der Waals surface area contributed by atoms with E-state index < -0.39 is 0 Å². The lowest BCUT2D eigenvalue weighted by atomic mass is 10.1. The van der Waals surface area contributed by atoms with Gasteiger partial charge in [0, 0.05) is 11.1 Å². The zero-order valence-corrected chi connectivity index (χ0v) is 9.90. The van der Waals surface area contributed by atoms with Crippen LogP contribution in [-0.4, -0.2) is 12.6 Å². The molecule has 17 heavy (non-hydrogen) atoms. The number of rotatable bonds is 3. The predicted molar refractivity (Wildman–Crippen MR) is 64.8 cm³/mol. The SMILES string of the molecule is CCOC(=O)c1c(C)coc1-c1ccccc1. The van der Waals surface area contributed by atoms with Crippen LogP contribution in [0.2, 0.25) is 0 Å². The minimum absolute atomic E-state index is 0.336. The number of esters is 1. The number of ether oxygens (including phenoxy) is 1. The smallest absolute Gasteiger partial charge is 0.342 e. The van der Waals surface area contributed by atoms with Gasteiger partial charge in [0.1, 0.15) is 11.3 Å². The van der Waals surface area contributed by atoms with Crippen LogP contribution in [0.3, 0.4) is 0 Å². The van der Waals surface area contributed by atoms with Crippen molar-refractivity contribution in [2.45, 2.75) is 13.8 Å². The zero-order chi connectivity index (χ0) is 12.3. The molecule has 0 radical (unpaired) electrons. The van der Waals surface area contributed by atoms with E-state index in [4.69, 9.17) is 9.15 Å². The maximum Gasteiger partial charge on any atom is 0.342 e. The Balaban J connectivity index is 2.46. The summed E-state index contributed by atoms with van der Waals surface area (Å²) < 4.78 is 10.5. The first-order valence-electron chi connectivity index (χ1n) is 5.54. The zero-order valence-electron chi connectivity index (χ0n) is 9.90. The molecule has 1 heterocycles. The van der Waals surface area contributed by atoms with Gasteiger partial charge in [0.25, 0.3) is 0 Å². The summed E-state index contributed by atoms with van der Waals surface area (Å²) >= 11 is 0. The first kappa shape index (κ1) is 11.5. The maximum atomic E-state index is 11.8. The fraction of sp³-hybridized carbons (Fsp3) is 0.214. The van der Waals surface area contributed by atoms with Gasteiger partial charge in [-0.15, -0.1) is 0 Å². The fourth-order valence-corrected chi connectivity index (χ4v) is 1.70. The van der Waals surface area contributed by atoms with Gasteiger partial charge in [-0.2, -0.15) is 0 Å². The quantitative estimate of drug-likeness (QED) is 0.758. The number of carbonyl (C=O) groups is 1. The predicted octanol–water partition coefficient (Wildman–Crippen LogP) is 3.43. The second-order valence-electron chi connectivity index (χ2n) is 3.71. The van der Waals surface area contributed by atoms with Crippen molar-refractivity contribution in [3.63, 3.8) is 0 Å². The van der Waals surface area contributed by atoms with Crippen LogP contribution in [0.4, 0.5) is 0 Å². The monoisotopic (exact) mass is 230 g/mol. The maximum absolute atomic E-state index is 11.8. The lowest BCUT2D eigenvalue weighted by molar-refractivity contribution is 0.0526. The van der Waals surface area contributed by atoms with E-state index in [1.807, 2.05) is 37.3 Å². The van der Waals surface area contributed by atoms with Crippen molar-refractivity contribution in [2.24, 2.45) is 0 Å². The molecule has 0 saturated heterocycles. The molecule has 0 unspecified atom stereocenters. The van der Waals surface area contributed by atoms with E-state index in [2.05, 4.69) is 0 Å². The Morgan fingerprint density at radius 2 is 2.00 bits per heavy atom. The molecule has 0 spiro atoms. The molecule has 2 rings (SSSR count). The van der Waals surface area contributed by atoms with Gasteiger partial charge >= 0.3 is 5.97 Å². The van der Waals surface area contributed by atoms with Crippen molar-refractivity contribution in [2.75, 3.05) is 6.61 Å². The van der Waals surface area contributed by atoms with Crippen LogP contribution in [0.25, 0.3) is 11.3 Å². The molecule has 0 N–H and O–H groups in total. The van der Waals surface area contributed by atoms with Crippen LogP contribution < -0.4 is 0 Å². The second-order valence-corrected chi connectivity index (χ2v) is 3.71. The summed E-state index contributed by atoms with van der Waals surface area (Å²) in [5.74, 6) is 0.235. The minimum Gasteiger partial charge on any atom is -0.463 e. The van der Waals surface area contributed by atoms with E-state index in [9.17, 15) is 4.79 Å². The van der Waals surface area contributed by atoms with Crippen LogP contribution in [0.1, 0.15) is 22.8 Å². The van der Waals surface area contributed by atoms with Crippen molar-refractivity contribution in [3.8, 4) is 11.3 Å². The van der Waals surface area contributed by atoms with E-state index in [0.29, 0.717) is 17.9 Å². The van der Waals surface area contributed by atoms with Crippen LogP contribution in [0, 0.1) is 6.92 Å². The molecule has 0 amide bonds. The van der Waals surface area contributed by atoms with Gasteiger partial charge in [0.15, 0.2) is 0 Å². The van der Waals surface area contributed by atoms with E-state index in [0.717, 1.165) is 11.1 Å². The van der Waals surface area contributed by atoms with Crippen LogP contribution in [0.5, 0.6) is 0 Å². The molecular weight excluding hydrogens is 216 g/mol. The number of furan rings is 1. The molecular formula is C14H14O3. The van der Waals surface area contributed by atoms with Crippen LogP contribution >= 0.6 is 0 Å². The average Bonchev–Trinajstić information content (AvgIpc) is 2.73. The van der Waals surface area contributed by atoms with Gasteiger partial charge < -0.3 is 9.15 Å². The Morgan fingerprint density at radius 3 is 2.65 bits per heavy atom. The van der Waals surface area contributed by atoms with Crippen molar-refractivity contribution in [1.29, 1.82) is 0 Å². The number of carbonyl (C=O) groups excluding carboxylic acids is 1. The molecule has 88 valence electrons. The highest BCUT2D eigenvalue weighted by Gasteiger charge is 2.20. The molecule has 0 atom stereocenters. The third-order valence-electron chi connectivity index (χ3n) is 2.49. The van der Waals surface area contributed by atoms with E-state index in [-0.39, 0.29) is 5.97 Å². The highest BCUT2D eigenvalue weighted by atomic mass is 16.5. The second kappa shape index (κ2) is 4.87. The molecule has 0 aliphatic heterocycles.